The minimum absolute atomic E-state index is 0.108. The summed E-state index contributed by atoms with van der Waals surface area (Å²) >= 11 is 0. The van der Waals surface area contributed by atoms with Gasteiger partial charge in [-0.1, -0.05) is 155 Å². The molecule has 0 N–H and O–H groups in total. The van der Waals surface area contributed by atoms with Gasteiger partial charge in [-0.15, -0.1) is 0 Å². The first kappa shape index (κ1) is 34.4. The third kappa shape index (κ3) is 4.27. The summed E-state index contributed by atoms with van der Waals surface area (Å²) < 4.78 is 6.94. The molecule has 1 aromatic heterocycles. The summed E-state index contributed by atoms with van der Waals surface area (Å²) in [6.45, 7) is 9.57. The van der Waals surface area contributed by atoms with Crippen molar-refractivity contribution in [3.05, 3.63) is 198 Å². The van der Waals surface area contributed by atoms with Gasteiger partial charge in [0.05, 0.1) is 5.69 Å². The fraction of sp³-hybridized carbons (Fsp3) is 0.103. The highest BCUT2D eigenvalue weighted by molar-refractivity contribution is 6.93. The summed E-state index contributed by atoms with van der Waals surface area (Å²) in [5.41, 5.74) is 23.3. The Bertz CT molecular complexity index is 3600. The van der Waals surface area contributed by atoms with Crippen molar-refractivity contribution in [1.82, 2.24) is 0 Å². The third-order valence-electron chi connectivity index (χ3n) is 14.9. The smallest absolute Gasteiger partial charge is 0.333 e. The van der Waals surface area contributed by atoms with Crippen LogP contribution in [0.15, 0.2) is 180 Å². The second-order valence-electron chi connectivity index (χ2n) is 18.8. The maximum atomic E-state index is 6.94. The Kier molecular flexibility index (Phi) is 6.52. The lowest BCUT2D eigenvalue weighted by Gasteiger charge is -2.51. The zero-order chi connectivity index (χ0) is 41.2. The molecule has 62 heavy (non-hydrogen) atoms. The number of anilines is 5. The molecular weight excluding hydrogens is 751 g/mol. The fourth-order valence-corrected chi connectivity index (χ4v) is 12.1. The van der Waals surface area contributed by atoms with Gasteiger partial charge in [0.25, 0.3) is 0 Å². The van der Waals surface area contributed by atoms with Crippen molar-refractivity contribution in [2.24, 2.45) is 0 Å². The number of fused-ring (bicyclic) bond motifs is 14. The van der Waals surface area contributed by atoms with Crippen LogP contribution in [0.5, 0.6) is 0 Å². The lowest BCUT2D eigenvalue weighted by Crippen LogP contribution is -2.62. The number of para-hydroxylation sites is 2. The Morgan fingerprint density at radius 1 is 0.468 bits per heavy atom. The van der Waals surface area contributed by atoms with E-state index in [-0.39, 0.29) is 17.7 Å². The molecule has 292 valence electrons. The maximum absolute atomic E-state index is 6.94. The molecule has 3 nitrogen and oxygen atoms in total. The van der Waals surface area contributed by atoms with Gasteiger partial charge >= 0.3 is 6.85 Å². The molecular formula is C58H41BN2O. The highest BCUT2D eigenvalue weighted by Gasteiger charge is 2.52. The van der Waals surface area contributed by atoms with Gasteiger partial charge in [0, 0.05) is 49.9 Å². The highest BCUT2D eigenvalue weighted by atomic mass is 16.3. The van der Waals surface area contributed by atoms with Gasteiger partial charge in [-0.25, -0.2) is 0 Å². The minimum Gasteiger partial charge on any atom is -0.456 e. The van der Waals surface area contributed by atoms with E-state index >= 15 is 0 Å². The van der Waals surface area contributed by atoms with E-state index in [1.54, 1.807) is 0 Å². The van der Waals surface area contributed by atoms with Crippen LogP contribution >= 0.6 is 0 Å². The lowest BCUT2D eigenvalue weighted by molar-refractivity contribution is 0.632. The van der Waals surface area contributed by atoms with Crippen LogP contribution in [0, 0.1) is 0 Å². The molecule has 4 heterocycles. The summed E-state index contributed by atoms with van der Waals surface area (Å²) in [4.78, 5) is 5.29. The minimum atomic E-state index is -0.248. The molecule has 0 fully saturated rings. The maximum Gasteiger partial charge on any atom is 0.333 e. The van der Waals surface area contributed by atoms with Crippen LogP contribution in [0.1, 0.15) is 49.9 Å². The Morgan fingerprint density at radius 2 is 1.13 bits per heavy atom. The second kappa shape index (κ2) is 11.7. The van der Waals surface area contributed by atoms with Crippen LogP contribution in [0.25, 0.3) is 66.1 Å². The van der Waals surface area contributed by atoms with Crippen molar-refractivity contribution in [3.63, 3.8) is 0 Å². The molecule has 4 heteroatoms. The van der Waals surface area contributed by atoms with Gasteiger partial charge in [0.2, 0.25) is 0 Å². The molecule has 10 aromatic rings. The van der Waals surface area contributed by atoms with E-state index < -0.39 is 0 Å². The molecule has 3 aliphatic heterocycles. The van der Waals surface area contributed by atoms with Crippen LogP contribution in [0.4, 0.5) is 28.4 Å². The molecule has 0 radical (unpaired) electrons. The van der Waals surface area contributed by atoms with Crippen molar-refractivity contribution < 1.29 is 4.42 Å². The molecule has 0 unspecified atom stereocenters. The quantitative estimate of drug-likeness (QED) is 0.163. The number of benzene rings is 9. The monoisotopic (exact) mass is 792 g/mol. The molecule has 0 amide bonds. The summed E-state index contributed by atoms with van der Waals surface area (Å²) in [5.74, 6) is 0. The summed E-state index contributed by atoms with van der Waals surface area (Å²) in [7, 11) is 0. The van der Waals surface area contributed by atoms with Crippen molar-refractivity contribution in [2.45, 2.75) is 38.5 Å². The second-order valence-corrected chi connectivity index (χ2v) is 18.8. The normalized spacial score (nSPS) is 15.6. The van der Waals surface area contributed by atoms with Crippen LogP contribution in [0.2, 0.25) is 0 Å². The number of furan rings is 1. The van der Waals surface area contributed by atoms with E-state index in [9.17, 15) is 0 Å². The van der Waals surface area contributed by atoms with Crippen molar-refractivity contribution in [1.29, 1.82) is 0 Å². The van der Waals surface area contributed by atoms with Gasteiger partial charge in [-0.2, -0.15) is 0 Å². The average Bonchev–Trinajstić information content (AvgIpc) is 3.76. The molecule has 0 atom stereocenters. The zero-order valence-electron chi connectivity index (χ0n) is 35.1. The van der Waals surface area contributed by atoms with E-state index in [1.807, 2.05) is 0 Å². The summed E-state index contributed by atoms with van der Waals surface area (Å²) in [6, 6.07) is 65.9. The lowest BCUT2D eigenvalue weighted by atomic mass is 9.42. The van der Waals surface area contributed by atoms with Crippen molar-refractivity contribution in [3.8, 4) is 33.4 Å². The van der Waals surface area contributed by atoms with E-state index in [0.717, 1.165) is 27.6 Å². The number of hydrogen-bond acceptors (Lipinski definition) is 3. The predicted molar refractivity (Wildman–Crippen MR) is 260 cm³/mol. The first-order valence-corrected chi connectivity index (χ1v) is 22.0. The Labute approximate surface area is 361 Å². The number of rotatable bonds is 2. The van der Waals surface area contributed by atoms with Gasteiger partial charge in [-0.05, 0) is 120 Å². The highest BCUT2D eigenvalue weighted by Crippen LogP contribution is 2.60. The van der Waals surface area contributed by atoms with Gasteiger partial charge < -0.3 is 14.1 Å². The Morgan fingerprint density at radius 3 is 1.95 bits per heavy atom. The largest absolute Gasteiger partial charge is 0.456 e. The van der Waals surface area contributed by atoms with Crippen LogP contribution in [0.3, 0.4) is 0 Å². The topological polar surface area (TPSA) is 19.6 Å². The average molecular weight is 793 g/mol. The standard InChI is InChI=1S/C58H41BN2O/c1-57(2)45-21-12-13-24-48(45)60-50-32-42-39-19-10-11-20-44(39)58(3,4)54(42)53-43-33-52-41(40-29-36-17-8-9-18-37(36)30-51(40)62-52)31-49(43)61(59(55(50)53)47-23-14-22-46(57)56(47)60)38-27-25-35(26-28-38)34-15-6-5-7-16-34/h5-33H,1-4H3. The Balaban J connectivity index is 1.15. The number of nitrogens with zero attached hydrogens (tertiary/aromatic N) is 2. The fourth-order valence-electron chi connectivity index (χ4n) is 12.1. The first-order chi connectivity index (χ1) is 30.3. The van der Waals surface area contributed by atoms with Gasteiger partial charge in [-0.3, -0.25) is 0 Å². The number of hydrogen-bond donors (Lipinski definition) is 0. The molecule has 0 saturated heterocycles. The Hall–Kier alpha value is -7.30. The van der Waals surface area contributed by atoms with Crippen LogP contribution in [-0.4, -0.2) is 6.85 Å². The molecule has 4 aliphatic rings. The van der Waals surface area contributed by atoms with E-state index in [2.05, 4.69) is 213 Å². The van der Waals surface area contributed by atoms with Crippen molar-refractivity contribution >= 4 is 78.9 Å². The van der Waals surface area contributed by atoms with Crippen molar-refractivity contribution in [2.75, 3.05) is 9.71 Å². The van der Waals surface area contributed by atoms with Gasteiger partial charge in [0.15, 0.2) is 0 Å². The molecule has 1 aliphatic carbocycles. The van der Waals surface area contributed by atoms with Crippen LogP contribution < -0.4 is 20.6 Å². The molecule has 0 bridgehead atoms. The molecule has 9 aromatic carbocycles. The van der Waals surface area contributed by atoms with Gasteiger partial charge in [0.1, 0.15) is 11.2 Å². The van der Waals surface area contributed by atoms with E-state index in [1.165, 1.54) is 100 Å². The SMILES string of the molecule is CC1(C)c2ccccc2N2c3cc4c(c5c3B(c3cccc1c32)N(c1ccc(-c2ccccc2)cc1)c1cc2c(cc1-5)oc1cc3ccccc3cc12)C(C)(C)c1ccccc1-4. The summed E-state index contributed by atoms with van der Waals surface area (Å²) in [5, 5.41) is 4.68. The van der Waals surface area contributed by atoms with E-state index in [0.29, 0.717) is 0 Å². The molecule has 0 spiro atoms. The molecule has 14 rings (SSSR count). The zero-order valence-corrected chi connectivity index (χ0v) is 35.1. The van der Waals surface area contributed by atoms with Crippen LogP contribution in [-0.2, 0) is 10.8 Å². The summed E-state index contributed by atoms with van der Waals surface area (Å²) in [6.07, 6.45) is 0. The molecule has 0 saturated carbocycles. The third-order valence-corrected chi connectivity index (χ3v) is 14.9. The van der Waals surface area contributed by atoms with E-state index in [4.69, 9.17) is 4.42 Å². The first-order valence-electron chi connectivity index (χ1n) is 22.0. The predicted octanol–water partition coefficient (Wildman–Crippen LogP) is 14.1.